The summed E-state index contributed by atoms with van der Waals surface area (Å²) in [5.74, 6) is -0.0864. The number of benzene rings is 2. The lowest BCUT2D eigenvalue weighted by Gasteiger charge is -2.14. The second-order valence-electron chi connectivity index (χ2n) is 6.93. The van der Waals surface area contributed by atoms with Crippen molar-refractivity contribution in [2.75, 3.05) is 0 Å². The monoisotopic (exact) mass is 371 g/mol. The molecule has 0 fully saturated rings. The summed E-state index contributed by atoms with van der Waals surface area (Å²) in [5.41, 5.74) is 5.66. The number of hydrogen-bond donors (Lipinski definition) is 1. The average molecular weight is 371 g/mol. The molecule has 1 N–H and O–H groups in total. The SMILES string of the molecule is Cc1cc(-c2cn3ccccc3c2C(=O)O)cc(C)c1OCc1ccccc1. The van der Waals surface area contributed by atoms with Gasteiger partial charge in [0.1, 0.15) is 12.4 Å². The number of aryl methyl sites for hydroxylation is 2. The largest absolute Gasteiger partial charge is 0.488 e. The minimum absolute atomic E-state index is 0.317. The van der Waals surface area contributed by atoms with Gasteiger partial charge in [-0.2, -0.15) is 0 Å². The summed E-state index contributed by atoms with van der Waals surface area (Å²) in [4.78, 5) is 11.9. The summed E-state index contributed by atoms with van der Waals surface area (Å²) in [7, 11) is 0. The van der Waals surface area contributed by atoms with Gasteiger partial charge < -0.3 is 14.2 Å². The molecule has 4 aromatic rings. The molecule has 28 heavy (non-hydrogen) atoms. The third-order valence-corrected chi connectivity index (χ3v) is 4.89. The van der Waals surface area contributed by atoms with E-state index in [1.807, 2.05) is 91.3 Å². The van der Waals surface area contributed by atoms with E-state index in [2.05, 4.69) is 0 Å². The van der Waals surface area contributed by atoms with Gasteiger partial charge in [-0.05, 0) is 60.4 Å². The Bertz CT molecular complexity index is 1140. The zero-order valence-corrected chi connectivity index (χ0v) is 15.8. The normalized spacial score (nSPS) is 10.9. The summed E-state index contributed by atoms with van der Waals surface area (Å²) < 4.78 is 7.91. The molecule has 140 valence electrons. The molecule has 2 heterocycles. The summed E-state index contributed by atoms with van der Waals surface area (Å²) in [5, 5.41) is 9.78. The van der Waals surface area contributed by atoms with Crippen molar-refractivity contribution in [1.82, 2.24) is 4.40 Å². The van der Waals surface area contributed by atoms with Crippen LogP contribution in [0.1, 0.15) is 27.0 Å². The molecule has 0 aliphatic rings. The molecule has 0 amide bonds. The van der Waals surface area contributed by atoms with E-state index in [1.165, 1.54) is 0 Å². The van der Waals surface area contributed by atoms with Gasteiger partial charge in [-0.15, -0.1) is 0 Å². The highest BCUT2D eigenvalue weighted by Gasteiger charge is 2.19. The topological polar surface area (TPSA) is 50.9 Å². The number of nitrogens with zero attached hydrogens (tertiary/aromatic N) is 1. The summed E-state index contributed by atoms with van der Waals surface area (Å²) in [6.07, 6.45) is 3.74. The molecule has 4 heteroatoms. The lowest BCUT2D eigenvalue weighted by molar-refractivity contribution is 0.0700. The average Bonchev–Trinajstić information content (AvgIpc) is 3.08. The third kappa shape index (κ3) is 3.25. The molecule has 0 spiro atoms. The lowest BCUT2D eigenvalue weighted by Crippen LogP contribution is -2.01. The number of pyridine rings is 1. The fraction of sp³-hybridized carbons (Fsp3) is 0.125. The minimum Gasteiger partial charge on any atom is -0.488 e. The quantitative estimate of drug-likeness (QED) is 0.504. The zero-order chi connectivity index (χ0) is 19.7. The maximum absolute atomic E-state index is 11.9. The Morgan fingerprint density at radius 3 is 2.36 bits per heavy atom. The van der Waals surface area contributed by atoms with Gasteiger partial charge in [-0.25, -0.2) is 4.79 Å². The number of ether oxygens (including phenoxy) is 1. The first kappa shape index (κ1) is 17.9. The Morgan fingerprint density at radius 1 is 1.00 bits per heavy atom. The molecule has 0 radical (unpaired) electrons. The van der Waals surface area contributed by atoms with Crippen molar-refractivity contribution in [1.29, 1.82) is 0 Å². The molecule has 0 bridgehead atoms. The van der Waals surface area contributed by atoms with E-state index in [1.54, 1.807) is 0 Å². The fourth-order valence-electron chi connectivity index (χ4n) is 3.63. The van der Waals surface area contributed by atoms with Gasteiger partial charge in [0.15, 0.2) is 0 Å². The number of aromatic nitrogens is 1. The van der Waals surface area contributed by atoms with E-state index < -0.39 is 5.97 Å². The number of carboxylic acids is 1. The molecule has 0 atom stereocenters. The van der Waals surface area contributed by atoms with Crippen molar-refractivity contribution in [2.45, 2.75) is 20.5 Å². The molecule has 0 aliphatic carbocycles. The van der Waals surface area contributed by atoms with Crippen molar-refractivity contribution in [3.05, 3.63) is 95.3 Å². The van der Waals surface area contributed by atoms with Gasteiger partial charge in [-0.1, -0.05) is 36.4 Å². The maximum Gasteiger partial charge on any atom is 0.338 e. The first-order valence-corrected chi connectivity index (χ1v) is 9.16. The molecule has 0 saturated carbocycles. The fourth-order valence-corrected chi connectivity index (χ4v) is 3.63. The first-order valence-electron chi connectivity index (χ1n) is 9.16. The van der Waals surface area contributed by atoms with Gasteiger partial charge in [-0.3, -0.25) is 0 Å². The molecule has 0 saturated heterocycles. The predicted molar refractivity (Wildman–Crippen MR) is 110 cm³/mol. The number of carboxylic acid groups (broad SMARTS) is 1. The molecular weight excluding hydrogens is 350 g/mol. The Kier molecular flexibility index (Phi) is 4.62. The van der Waals surface area contributed by atoms with Crippen LogP contribution in [0.15, 0.2) is 73.1 Å². The van der Waals surface area contributed by atoms with Gasteiger partial charge in [0.2, 0.25) is 0 Å². The maximum atomic E-state index is 11.9. The van der Waals surface area contributed by atoms with E-state index in [-0.39, 0.29) is 0 Å². The van der Waals surface area contributed by atoms with Crippen LogP contribution in [0.25, 0.3) is 16.6 Å². The van der Waals surface area contributed by atoms with Crippen LogP contribution in [0.2, 0.25) is 0 Å². The second kappa shape index (κ2) is 7.24. The highest BCUT2D eigenvalue weighted by Crippen LogP contribution is 2.34. The summed E-state index contributed by atoms with van der Waals surface area (Å²) in [6.45, 7) is 4.48. The molecule has 4 nitrogen and oxygen atoms in total. The van der Waals surface area contributed by atoms with Crippen LogP contribution in [0.5, 0.6) is 5.75 Å². The van der Waals surface area contributed by atoms with Crippen molar-refractivity contribution in [3.8, 4) is 16.9 Å². The van der Waals surface area contributed by atoms with Gasteiger partial charge in [0.05, 0.1) is 11.1 Å². The Hall–Kier alpha value is -3.53. The van der Waals surface area contributed by atoms with Crippen molar-refractivity contribution in [2.24, 2.45) is 0 Å². The van der Waals surface area contributed by atoms with Crippen LogP contribution < -0.4 is 4.74 Å². The van der Waals surface area contributed by atoms with Crippen LogP contribution in [0.4, 0.5) is 0 Å². The van der Waals surface area contributed by atoms with Gasteiger partial charge >= 0.3 is 5.97 Å². The lowest BCUT2D eigenvalue weighted by atomic mass is 9.98. The van der Waals surface area contributed by atoms with E-state index in [9.17, 15) is 9.90 Å². The smallest absolute Gasteiger partial charge is 0.338 e. The highest BCUT2D eigenvalue weighted by molar-refractivity contribution is 6.03. The number of aromatic carboxylic acids is 1. The standard InChI is InChI=1S/C24H21NO3/c1-16-12-19(13-17(2)23(16)28-15-18-8-4-3-5-9-18)20-14-25-11-7-6-10-21(25)22(20)24(26)27/h3-14H,15H2,1-2H3,(H,26,27). The number of rotatable bonds is 5. The van der Waals surface area contributed by atoms with Crippen molar-refractivity contribution >= 4 is 11.5 Å². The minimum atomic E-state index is -0.927. The Morgan fingerprint density at radius 2 is 1.68 bits per heavy atom. The second-order valence-corrected chi connectivity index (χ2v) is 6.93. The van der Waals surface area contributed by atoms with Crippen LogP contribution >= 0.6 is 0 Å². The highest BCUT2D eigenvalue weighted by atomic mass is 16.5. The van der Waals surface area contributed by atoms with Crippen LogP contribution in [-0.2, 0) is 6.61 Å². The first-order chi connectivity index (χ1) is 13.5. The van der Waals surface area contributed by atoms with Crippen LogP contribution in [-0.4, -0.2) is 15.5 Å². The molecule has 0 unspecified atom stereocenters. The molecular formula is C24H21NO3. The van der Waals surface area contributed by atoms with Gasteiger partial charge in [0, 0.05) is 18.0 Å². The van der Waals surface area contributed by atoms with Gasteiger partial charge in [0.25, 0.3) is 0 Å². The van der Waals surface area contributed by atoms with E-state index >= 15 is 0 Å². The molecule has 2 aromatic heterocycles. The van der Waals surface area contributed by atoms with E-state index in [0.29, 0.717) is 23.3 Å². The van der Waals surface area contributed by atoms with Crippen molar-refractivity contribution in [3.63, 3.8) is 0 Å². The Labute approximate surface area is 163 Å². The van der Waals surface area contributed by atoms with Crippen LogP contribution in [0, 0.1) is 13.8 Å². The number of fused-ring (bicyclic) bond motifs is 1. The number of hydrogen-bond acceptors (Lipinski definition) is 2. The van der Waals surface area contributed by atoms with E-state index in [4.69, 9.17) is 4.74 Å². The van der Waals surface area contributed by atoms with Crippen LogP contribution in [0.3, 0.4) is 0 Å². The zero-order valence-electron chi connectivity index (χ0n) is 15.8. The summed E-state index contributed by atoms with van der Waals surface area (Å²) >= 11 is 0. The molecule has 2 aromatic carbocycles. The third-order valence-electron chi connectivity index (χ3n) is 4.89. The summed E-state index contributed by atoms with van der Waals surface area (Å²) in [6, 6.07) is 19.6. The Balaban J connectivity index is 1.73. The number of carbonyl (C=O) groups is 1. The predicted octanol–water partition coefficient (Wildman–Crippen LogP) is 5.50. The van der Waals surface area contributed by atoms with E-state index in [0.717, 1.165) is 28.0 Å². The molecule has 0 aliphatic heterocycles. The van der Waals surface area contributed by atoms with Crippen molar-refractivity contribution < 1.29 is 14.6 Å². The molecule has 4 rings (SSSR count).